The van der Waals surface area contributed by atoms with Crippen molar-refractivity contribution in [3.63, 3.8) is 0 Å². The van der Waals surface area contributed by atoms with Gasteiger partial charge in [-0.25, -0.2) is 8.78 Å². The smallest absolute Gasteiger partial charge is 0.300 e. The molecule has 0 aliphatic heterocycles. The van der Waals surface area contributed by atoms with Crippen LogP contribution in [0.3, 0.4) is 0 Å². The van der Waals surface area contributed by atoms with Crippen LogP contribution >= 0.6 is 0 Å². The van der Waals surface area contributed by atoms with E-state index in [4.69, 9.17) is 0 Å². The summed E-state index contributed by atoms with van der Waals surface area (Å²) in [5, 5.41) is 0. The number of hydrogen-bond acceptors (Lipinski definition) is 2. The van der Waals surface area contributed by atoms with Gasteiger partial charge in [0.1, 0.15) is 0 Å². The number of alkyl halides is 2. The molecule has 0 amide bonds. The number of hydrogen-bond donors (Lipinski definition) is 0. The van der Waals surface area contributed by atoms with Crippen molar-refractivity contribution in [2.45, 2.75) is 13.3 Å². The van der Waals surface area contributed by atoms with Crippen LogP contribution in [0.5, 0.6) is 0 Å². The zero-order valence-electron chi connectivity index (χ0n) is 5.73. The van der Waals surface area contributed by atoms with Crippen LogP contribution in [-0.2, 0) is 9.53 Å². The lowest BCUT2D eigenvalue weighted by Crippen LogP contribution is -2.06. The molecule has 0 radical (unpaired) electrons. The Kier molecular flexibility index (Phi) is 3.61. The Hall–Kier alpha value is -0.930. The van der Waals surface area contributed by atoms with Crippen molar-refractivity contribution in [1.29, 1.82) is 0 Å². The van der Waals surface area contributed by atoms with Crippen molar-refractivity contribution in [3.8, 4) is 0 Å². The minimum atomic E-state index is -2.94. The molecule has 10 heavy (non-hydrogen) atoms. The summed E-state index contributed by atoms with van der Waals surface area (Å²) in [6, 6.07) is 0. The Balaban J connectivity index is 4.00. The van der Waals surface area contributed by atoms with E-state index in [0.717, 1.165) is 6.08 Å². The van der Waals surface area contributed by atoms with Gasteiger partial charge in [0.2, 0.25) is 5.78 Å². The first-order valence-electron chi connectivity index (χ1n) is 2.62. The number of ketones is 1. The highest BCUT2D eigenvalue weighted by atomic mass is 19.3. The highest BCUT2D eigenvalue weighted by Gasteiger charge is 2.11. The zero-order valence-corrected chi connectivity index (χ0v) is 5.73. The summed E-state index contributed by atoms with van der Waals surface area (Å²) in [6.45, 7) is 1.43. The average Bonchev–Trinajstić information content (AvgIpc) is 1.87. The largest absolute Gasteiger partial charge is 0.501 e. The van der Waals surface area contributed by atoms with E-state index in [2.05, 4.69) is 4.74 Å². The van der Waals surface area contributed by atoms with E-state index in [1.807, 2.05) is 0 Å². The highest BCUT2D eigenvalue weighted by Crippen LogP contribution is 1.99. The van der Waals surface area contributed by atoms with Gasteiger partial charge in [-0.1, -0.05) is 0 Å². The molecule has 0 spiro atoms. The monoisotopic (exact) mass is 150 g/mol. The van der Waals surface area contributed by atoms with Gasteiger partial charge in [0, 0.05) is 6.08 Å². The van der Waals surface area contributed by atoms with E-state index in [1.165, 1.54) is 14.0 Å². The Bertz CT molecular complexity index is 152. The molecule has 0 rings (SSSR count). The molecule has 0 aliphatic rings. The standard InChI is InChI=1S/C6H8F2O2/c1-4(10-2)3-5(9)6(7)8/h3,6H,1-2H3/b4-3+. The summed E-state index contributed by atoms with van der Waals surface area (Å²) in [5.41, 5.74) is 0. The topological polar surface area (TPSA) is 26.3 Å². The predicted octanol–water partition coefficient (Wildman–Crippen LogP) is 1.37. The van der Waals surface area contributed by atoms with Crippen LogP contribution in [0.4, 0.5) is 8.78 Å². The molecule has 0 N–H and O–H groups in total. The number of carbonyl (C=O) groups excluding carboxylic acids is 1. The summed E-state index contributed by atoms with van der Waals surface area (Å²) in [6.07, 6.45) is -2.17. The van der Waals surface area contributed by atoms with Gasteiger partial charge >= 0.3 is 0 Å². The third-order valence-corrected chi connectivity index (χ3v) is 0.883. The van der Waals surface area contributed by atoms with Crippen molar-refractivity contribution in [2.24, 2.45) is 0 Å². The summed E-state index contributed by atoms with van der Waals surface area (Å²) >= 11 is 0. The summed E-state index contributed by atoms with van der Waals surface area (Å²) < 4.78 is 27.4. The van der Waals surface area contributed by atoms with E-state index in [0.29, 0.717) is 0 Å². The van der Waals surface area contributed by atoms with Crippen LogP contribution < -0.4 is 0 Å². The first-order valence-corrected chi connectivity index (χ1v) is 2.62. The number of carbonyl (C=O) groups is 1. The minimum absolute atomic E-state index is 0.185. The predicted molar refractivity (Wildman–Crippen MR) is 31.8 cm³/mol. The Morgan fingerprint density at radius 3 is 2.40 bits per heavy atom. The molecule has 0 heterocycles. The molecule has 4 heteroatoms. The van der Waals surface area contributed by atoms with Crippen molar-refractivity contribution in [1.82, 2.24) is 0 Å². The van der Waals surface area contributed by atoms with Gasteiger partial charge in [0.05, 0.1) is 12.9 Å². The lowest BCUT2D eigenvalue weighted by molar-refractivity contribution is -0.124. The first kappa shape index (κ1) is 9.07. The molecule has 0 atom stereocenters. The van der Waals surface area contributed by atoms with Crippen LogP contribution in [0.1, 0.15) is 6.92 Å². The molecular weight excluding hydrogens is 142 g/mol. The fraction of sp³-hybridized carbons (Fsp3) is 0.500. The van der Waals surface area contributed by atoms with Crippen molar-refractivity contribution in [3.05, 3.63) is 11.8 Å². The Morgan fingerprint density at radius 1 is 1.60 bits per heavy atom. The molecule has 2 nitrogen and oxygen atoms in total. The zero-order chi connectivity index (χ0) is 8.15. The van der Waals surface area contributed by atoms with Gasteiger partial charge in [0.25, 0.3) is 6.43 Å². The van der Waals surface area contributed by atoms with E-state index >= 15 is 0 Å². The van der Waals surface area contributed by atoms with E-state index in [9.17, 15) is 13.6 Å². The molecule has 0 aromatic rings. The normalized spacial score (nSPS) is 11.9. The molecule has 0 saturated carbocycles. The number of allylic oxidation sites excluding steroid dienone is 2. The van der Waals surface area contributed by atoms with Crippen LogP contribution in [0.25, 0.3) is 0 Å². The van der Waals surface area contributed by atoms with Crippen LogP contribution in [0, 0.1) is 0 Å². The number of halogens is 2. The minimum Gasteiger partial charge on any atom is -0.501 e. The quantitative estimate of drug-likeness (QED) is 0.448. The highest BCUT2D eigenvalue weighted by molar-refractivity contribution is 5.92. The molecular formula is C6H8F2O2. The van der Waals surface area contributed by atoms with E-state index < -0.39 is 12.2 Å². The van der Waals surface area contributed by atoms with Crippen molar-refractivity contribution >= 4 is 5.78 Å². The maximum Gasteiger partial charge on any atom is 0.300 e. The molecule has 0 saturated heterocycles. The third kappa shape index (κ3) is 3.17. The Morgan fingerprint density at radius 2 is 2.10 bits per heavy atom. The van der Waals surface area contributed by atoms with E-state index in [-0.39, 0.29) is 5.76 Å². The van der Waals surface area contributed by atoms with Crippen LogP contribution in [0.2, 0.25) is 0 Å². The number of methoxy groups -OCH3 is 1. The van der Waals surface area contributed by atoms with Gasteiger partial charge in [-0.2, -0.15) is 0 Å². The molecule has 0 unspecified atom stereocenters. The molecule has 0 bridgehead atoms. The molecule has 0 aromatic carbocycles. The Labute approximate surface area is 57.5 Å². The second kappa shape index (κ2) is 3.98. The SMILES string of the molecule is CO/C(C)=C/C(=O)C(F)F. The fourth-order valence-electron chi connectivity index (χ4n) is 0.322. The molecule has 58 valence electrons. The van der Waals surface area contributed by atoms with Gasteiger partial charge < -0.3 is 4.74 Å². The van der Waals surface area contributed by atoms with E-state index in [1.54, 1.807) is 0 Å². The molecule has 0 fully saturated rings. The number of ether oxygens (including phenoxy) is 1. The van der Waals surface area contributed by atoms with Gasteiger partial charge in [-0.15, -0.1) is 0 Å². The summed E-state index contributed by atoms with van der Waals surface area (Å²) in [5.74, 6) is -1.04. The van der Waals surface area contributed by atoms with Crippen LogP contribution in [0.15, 0.2) is 11.8 Å². The van der Waals surface area contributed by atoms with Crippen LogP contribution in [-0.4, -0.2) is 19.3 Å². The molecule has 0 aliphatic carbocycles. The second-order valence-corrected chi connectivity index (χ2v) is 1.66. The third-order valence-electron chi connectivity index (χ3n) is 0.883. The second-order valence-electron chi connectivity index (χ2n) is 1.66. The lowest BCUT2D eigenvalue weighted by Gasteiger charge is -1.96. The number of rotatable bonds is 3. The van der Waals surface area contributed by atoms with Gasteiger partial charge in [-0.3, -0.25) is 4.79 Å². The first-order chi connectivity index (χ1) is 4.57. The van der Waals surface area contributed by atoms with Crippen molar-refractivity contribution in [2.75, 3.05) is 7.11 Å². The van der Waals surface area contributed by atoms with Crippen molar-refractivity contribution < 1.29 is 18.3 Å². The molecule has 0 aromatic heterocycles. The maximum absolute atomic E-state index is 11.5. The lowest BCUT2D eigenvalue weighted by atomic mass is 10.3. The fourth-order valence-corrected chi connectivity index (χ4v) is 0.322. The summed E-state index contributed by atoms with van der Waals surface area (Å²) in [4.78, 5) is 10.2. The van der Waals surface area contributed by atoms with Gasteiger partial charge in [-0.05, 0) is 6.92 Å². The maximum atomic E-state index is 11.5. The average molecular weight is 150 g/mol. The summed E-state index contributed by atoms with van der Waals surface area (Å²) in [7, 11) is 1.31. The van der Waals surface area contributed by atoms with Gasteiger partial charge in [0.15, 0.2) is 0 Å².